The molecule has 1 atom stereocenters. The normalized spacial score (nSPS) is 26.0. The smallest absolute Gasteiger partial charge is 0.320 e. The van der Waals surface area contributed by atoms with Crippen LogP contribution in [0, 0.1) is 16.7 Å². The van der Waals surface area contributed by atoms with Gasteiger partial charge in [0.2, 0.25) is 0 Å². The fourth-order valence-electron chi connectivity index (χ4n) is 3.25. The van der Waals surface area contributed by atoms with E-state index in [1.807, 2.05) is 9.80 Å². The largest absolute Gasteiger partial charge is 0.481 e. The summed E-state index contributed by atoms with van der Waals surface area (Å²) < 4.78 is 0. The Balaban J connectivity index is 1.90. The molecule has 2 aliphatic heterocycles. The highest BCUT2D eigenvalue weighted by Crippen LogP contribution is 2.35. The number of carboxylic acids is 1. The van der Waals surface area contributed by atoms with Gasteiger partial charge in [-0.2, -0.15) is 0 Å². The molecule has 2 amide bonds. The molecule has 2 fully saturated rings. The van der Waals surface area contributed by atoms with Gasteiger partial charge in [-0.3, -0.25) is 4.79 Å². The Morgan fingerprint density at radius 3 is 2.10 bits per heavy atom. The highest BCUT2D eigenvalue weighted by molar-refractivity contribution is 5.77. The van der Waals surface area contributed by atoms with Gasteiger partial charge < -0.3 is 14.9 Å². The lowest BCUT2D eigenvalue weighted by atomic mass is 9.80. The lowest BCUT2D eigenvalue weighted by Gasteiger charge is -2.38. The first-order chi connectivity index (χ1) is 9.63. The number of nitrogens with zero attached hydrogens (tertiary/aromatic N) is 2. The first-order valence-electron chi connectivity index (χ1n) is 7.91. The van der Waals surface area contributed by atoms with Gasteiger partial charge in [-0.05, 0) is 37.5 Å². The zero-order valence-corrected chi connectivity index (χ0v) is 13.7. The number of aliphatic carboxylic acids is 1. The SMILES string of the molecule is CC1(C(=O)O)CCN(C(=O)N2CCC(C(C)(C)C)C2)CC1. The average Bonchev–Trinajstić information content (AvgIpc) is 2.88. The number of urea groups is 1. The van der Waals surface area contributed by atoms with Crippen molar-refractivity contribution in [1.82, 2.24) is 9.80 Å². The summed E-state index contributed by atoms with van der Waals surface area (Å²) in [4.78, 5) is 27.6. The highest BCUT2D eigenvalue weighted by atomic mass is 16.4. The maximum absolute atomic E-state index is 12.6. The lowest BCUT2D eigenvalue weighted by Crippen LogP contribution is -2.49. The van der Waals surface area contributed by atoms with Crippen LogP contribution in [0.25, 0.3) is 0 Å². The standard InChI is InChI=1S/C16H28N2O3/c1-15(2,3)12-5-8-18(11-12)14(21)17-9-6-16(4,7-10-17)13(19)20/h12H,5-11H2,1-4H3,(H,19,20). The van der Waals surface area contributed by atoms with Gasteiger partial charge in [0, 0.05) is 26.2 Å². The number of hydrogen-bond acceptors (Lipinski definition) is 2. The van der Waals surface area contributed by atoms with Crippen LogP contribution in [0.3, 0.4) is 0 Å². The highest BCUT2D eigenvalue weighted by Gasteiger charge is 2.40. The second kappa shape index (κ2) is 5.50. The third-order valence-electron chi connectivity index (χ3n) is 5.34. The maximum atomic E-state index is 12.6. The number of hydrogen-bond donors (Lipinski definition) is 1. The van der Waals surface area contributed by atoms with E-state index in [-0.39, 0.29) is 11.4 Å². The van der Waals surface area contributed by atoms with Crippen LogP contribution in [0.4, 0.5) is 4.79 Å². The zero-order valence-electron chi connectivity index (χ0n) is 13.7. The van der Waals surface area contributed by atoms with Crippen LogP contribution in [0.2, 0.25) is 0 Å². The van der Waals surface area contributed by atoms with Crippen LogP contribution in [-0.4, -0.2) is 53.1 Å². The molecule has 0 spiro atoms. The average molecular weight is 296 g/mol. The lowest BCUT2D eigenvalue weighted by molar-refractivity contribution is -0.150. The van der Waals surface area contributed by atoms with Crippen molar-refractivity contribution < 1.29 is 14.7 Å². The predicted molar refractivity (Wildman–Crippen MR) is 81.1 cm³/mol. The molecule has 0 aromatic carbocycles. The summed E-state index contributed by atoms with van der Waals surface area (Å²) in [6.07, 6.45) is 2.16. The van der Waals surface area contributed by atoms with Crippen LogP contribution in [0.15, 0.2) is 0 Å². The first-order valence-corrected chi connectivity index (χ1v) is 7.91. The van der Waals surface area contributed by atoms with Gasteiger partial charge in [0.15, 0.2) is 0 Å². The quantitative estimate of drug-likeness (QED) is 0.809. The minimum Gasteiger partial charge on any atom is -0.481 e. The molecular formula is C16H28N2O3. The van der Waals surface area contributed by atoms with E-state index in [4.69, 9.17) is 0 Å². The Labute approximate surface area is 127 Å². The molecule has 5 nitrogen and oxygen atoms in total. The molecular weight excluding hydrogens is 268 g/mol. The summed E-state index contributed by atoms with van der Waals surface area (Å²) in [5.74, 6) is -0.195. The second-order valence-corrected chi connectivity index (χ2v) is 7.93. The number of amides is 2. The number of carboxylic acid groups (broad SMARTS) is 1. The summed E-state index contributed by atoms with van der Waals surface area (Å²) in [5, 5.41) is 9.24. The van der Waals surface area contributed by atoms with Crippen molar-refractivity contribution in [2.75, 3.05) is 26.2 Å². The van der Waals surface area contributed by atoms with E-state index >= 15 is 0 Å². The molecule has 5 heteroatoms. The molecule has 0 aromatic heterocycles. The van der Waals surface area contributed by atoms with Gasteiger partial charge in [0.25, 0.3) is 0 Å². The zero-order chi connectivity index (χ0) is 15.8. The molecule has 0 radical (unpaired) electrons. The molecule has 2 saturated heterocycles. The third-order valence-corrected chi connectivity index (χ3v) is 5.34. The van der Waals surface area contributed by atoms with Crippen molar-refractivity contribution in [2.45, 2.75) is 47.0 Å². The molecule has 0 aromatic rings. The Kier molecular flexibility index (Phi) is 4.22. The molecule has 0 saturated carbocycles. The van der Waals surface area contributed by atoms with Crippen molar-refractivity contribution in [3.8, 4) is 0 Å². The van der Waals surface area contributed by atoms with E-state index in [1.165, 1.54) is 0 Å². The van der Waals surface area contributed by atoms with Crippen molar-refractivity contribution >= 4 is 12.0 Å². The molecule has 2 rings (SSSR count). The summed E-state index contributed by atoms with van der Waals surface area (Å²) in [6.45, 7) is 11.2. The van der Waals surface area contributed by atoms with E-state index in [2.05, 4.69) is 20.8 Å². The Bertz CT molecular complexity index is 420. The van der Waals surface area contributed by atoms with Gasteiger partial charge in [0.05, 0.1) is 5.41 Å². The van der Waals surface area contributed by atoms with E-state index in [0.717, 1.165) is 19.5 Å². The second-order valence-electron chi connectivity index (χ2n) is 7.93. The van der Waals surface area contributed by atoms with E-state index in [0.29, 0.717) is 31.8 Å². The monoisotopic (exact) mass is 296 g/mol. The molecule has 0 bridgehead atoms. The number of carbonyl (C=O) groups is 2. The Hall–Kier alpha value is -1.26. The fraction of sp³-hybridized carbons (Fsp3) is 0.875. The summed E-state index contributed by atoms with van der Waals surface area (Å²) in [5.41, 5.74) is -0.436. The number of carbonyl (C=O) groups excluding carboxylic acids is 1. The van der Waals surface area contributed by atoms with Crippen LogP contribution in [0.1, 0.15) is 47.0 Å². The number of piperidine rings is 1. The molecule has 2 heterocycles. The van der Waals surface area contributed by atoms with Gasteiger partial charge in [-0.15, -0.1) is 0 Å². The van der Waals surface area contributed by atoms with E-state index < -0.39 is 11.4 Å². The Morgan fingerprint density at radius 2 is 1.67 bits per heavy atom. The van der Waals surface area contributed by atoms with Crippen LogP contribution in [-0.2, 0) is 4.79 Å². The molecule has 2 aliphatic rings. The minimum absolute atomic E-state index is 0.0918. The minimum atomic E-state index is -0.747. The molecule has 1 unspecified atom stereocenters. The summed E-state index contributed by atoms with van der Waals surface area (Å²) in [7, 11) is 0. The van der Waals surface area contributed by atoms with Crippen LogP contribution in [0.5, 0.6) is 0 Å². The van der Waals surface area contributed by atoms with Gasteiger partial charge in [0.1, 0.15) is 0 Å². The van der Waals surface area contributed by atoms with Gasteiger partial charge in [-0.1, -0.05) is 20.8 Å². The van der Waals surface area contributed by atoms with Crippen LogP contribution >= 0.6 is 0 Å². The topological polar surface area (TPSA) is 60.9 Å². The third kappa shape index (κ3) is 3.33. The van der Waals surface area contributed by atoms with Gasteiger partial charge >= 0.3 is 12.0 Å². The van der Waals surface area contributed by atoms with Crippen LogP contribution < -0.4 is 0 Å². The molecule has 21 heavy (non-hydrogen) atoms. The van der Waals surface area contributed by atoms with Gasteiger partial charge in [-0.25, -0.2) is 4.79 Å². The van der Waals surface area contributed by atoms with E-state index in [1.54, 1.807) is 6.92 Å². The van der Waals surface area contributed by atoms with Crippen molar-refractivity contribution in [1.29, 1.82) is 0 Å². The maximum Gasteiger partial charge on any atom is 0.320 e. The Morgan fingerprint density at radius 1 is 1.10 bits per heavy atom. The molecule has 1 N–H and O–H groups in total. The number of rotatable bonds is 1. The van der Waals surface area contributed by atoms with Crippen molar-refractivity contribution in [3.63, 3.8) is 0 Å². The van der Waals surface area contributed by atoms with Crippen molar-refractivity contribution in [2.24, 2.45) is 16.7 Å². The first kappa shape index (κ1) is 16.1. The number of likely N-dealkylation sites (tertiary alicyclic amines) is 2. The summed E-state index contributed by atoms with van der Waals surface area (Å²) in [6, 6.07) is 0.0918. The molecule has 120 valence electrons. The summed E-state index contributed by atoms with van der Waals surface area (Å²) >= 11 is 0. The predicted octanol–water partition coefficient (Wildman–Crippen LogP) is 2.66. The van der Waals surface area contributed by atoms with E-state index in [9.17, 15) is 14.7 Å². The van der Waals surface area contributed by atoms with Crippen molar-refractivity contribution in [3.05, 3.63) is 0 Å². The molecule has 0 aliphatic carbocycles. The fourth-order valence-corrected chi connectivity index (χ4v) is 3.25.